The summed E-state index contributed by atoms with van der Waals surface area (Å²) in [6, 6.07) is 11.8. The molecule has 0 heterocycles. The van der Waals surface area contributed by atoms with E-state index in [1.165, 1.54) is 0 Å². The maximum Gasteiger partial charge on any atom is 0.151 e. The lowest BCUT2D eigenvalue weighted by Gasteiger charge is -2.03. The van der Waals surface area contributed by atoms with Crippen molar-refractivity contribution in [1.82, 2.24) is 5.32 Å². The Kier molecular flexibility index (Phi) is 4.11. The first-order valence-electron chi connectivity index (χ1n) is 5.97. The molecule has 2 heteroatoms. The largest absolute Gasteiger partial charge is 0.319 e. The second-order valence-corrected chi connectivity index (χ2v) is 4.02. The van der Waals surface area contributed by atoms with Crippen LogP contribution in [0.3, 0.4) is 0 Å². The first kappa shape index (κ1) is 12.3. The summed E-state index contributed by atoms with van der Waals surface area (Å²) >= 11 is 0. The van der Waals surface area contributed by atoms with Gasteiger partial charge in [-0.3, -0.25) is 4.79 Å². The Morgan fingerprint density at radius 2 is 2.06 bits per heavy atom. The van der Waals surface area contributed by atoms with Gasteiger partial charge in [-0.15, -0.1) is 0 Å². The van der Waals surface area contributed by atoms with E-state index in [0.717, 1.165) is 35.6 Å². The maximum atomic E-state index is 11.1. The molecule has 2 aromatic carbocycles. The standard InChI is InChI=1S/C16H15NO/c1-17-11-5-4-8-16-14(12-18)10-9-13-6-2-3-7-15(13)16/h2-3,6-7,9-10,12,17H,5,11H2,1H3. The third-order valence-corrected chi connectivity index (χ3v) is 2.80. The van der Waals surface area contributed by atoms with Crippen LogP contribution in [0.4, 0.5) is 0 Å². The summed E-state index contributed by atoms with van der Waals surface area (Å²) in [4.78, 5) is 11.1. The maximum absolute atomic E-state index is 11.1. The zero-order valence-corrected chi connectivity index (χ0v) is 10.4. The Balaban J connectivity index is 2.50. The van der Waals surface area contributed by atoms with Crippen molar-refractivity contribution in [2.75, 3.05) is 13.6 Å². The van der Waals surface area contributed by atoms with Crippen LogP contribution in [0.1, 0.15) is 22.3 Å². The van der Waals surface area contributed by atoms with Crippen molar-refractivity contribution < 1.29 is 4.79 Å². The van der Waals surface area contributed by atoms with E-state index in [1.54, 1.807) is 0 Å². The van der Waals surface area contributed by atoms with Crippen LogP contribution in [0, 0.1) is 11.8 Å². The molecule has 0 bridgehead atoms. The van der Waals surface area contributed by atoms with Crippen LogP contribution in [0.2, 0.25) is 0 Å². The highest BCUT2D eigenvalue weighted by atomic mass is 16.1. The van der Waals surface area contributed by atoms with Crippen molar-refractivity contribution in [2.24, 2.45) is 0 Å². The van der Waals surface area contributed by atoms with Crippen LogP contribution in [0.15, 0.2) is 36.4 Å². The van der Waals surface area contributed by atoms with Gasteiger partial charge in [0.15, 0.2) is 6.29 Å². The van der Waals surface area contributed by atoms with E-state index in [2.05, 4.69) is 17.2 Å². The van der Waals surface area contributed by atoms with Gasteiger partial charge in [-0.1, -0.05) is 42.2 Å². The molecule has 2 aromatic rings. The number of nitrogens with one attached hydrogen (secondary N) is 1. The normalized spacial score (nSPS) is 9.83. The summed E-state index contributed by atoms with van der Waals surface area (Å²) in [5.74, 6) is 6.22. The molecule has 0 amide bonds. The first-order valence-corrected chi connectivity index (χ1v) is 5.97. The highest BCUT2D eigenvalue weighted by molar-refractivity contribution is 5.95. The van der Waals surface area contributed by atoms with Crippen molar-refractivity contribution in [1.29, 1.82) is 0 Å². The van der Waals surface area contributed by atoms with Crippen molar-refractivity contribution in [3.8, 4) is 11.8 Å². The first-order chi connectivity index (χ1) is 8.86. The van der Waals surface area contributed by atoms with Crippen LogP contribution in [-0.4, -0.2) is 19.9 Å². The average molecular weight is 237 g/mol. The predicted octanol–water partition coefficient (Wildman–Crippen LogP) is 2.61. The van der Waals surface area contributed by atoms with Gasteiger partial charge in [-0.05, 0) is 23.9 Å². The summed E-state index contributed by atoms with van der Waals surface area (Å²) < 4.78 is 0. The number of aldehydes is 1. The third-order valence-electron chi connectivity index (χ3n) is 2.80. The van der Waals surface area contributed by atoms with E-state index >= 15 is 0 Å². The topological polar surface area (TPSA) is 29.1 Å². The highest BCUT2D eigenvalue weighted by Gasteiger charge is 2.03. The highest BCUT2D eigenvalue weighted by Crippen LogP contribution is 2.20. The fourth-order valence-electron chi connectivity index (χ4n) is 1.86. The van der Waals surface area contributed by atoms with Gasteiger partial charge in [-0.2, -0.15) is 0 Å². The zero-order chi connectivity index (χ0) is 12.8. The van der Waals surface area contributed by atoms with Gasteiger partial charge >= 0.3 is 0 Å². The molecule has 0 saturated carbocycles. The Hall–Kier alpha value is -2.11. The van der Waals surface area contributed by atoms with E-state index < -0.39 is 0 Å². The molecule has 0 atom stereocenters. The number of carbonyl (C=O) groups excluding carboxylic acids is 1. The minimum absolute atomic E-state index is 0.658. The van der Waals surface area contributed by atoms with E-state index in [0.29, 0.717) is 5.56 Å². The summed E-state index contributed by atoms with van der Waals surface area (Å²) in [6.45, 7) is 0.855. The number of fused-ring (bicyclic) bond motifs is 1. The van der Waals surface area contributed by atoms with E-state index in [9.17, 15) is 4.79 Å². The Labute approximate surface area is 107 Å². The molecule has 1 N–H and O–H groups in total. The second-order valence-electron chi connectivity index (χ2n) is 4.02. The van der Waals surface area contributed by atoms with E-state index in [-0.39, 0.29) is 0 Å². The molecule has 0 aromatic heterocycles. The SMILES string of the molecule is CNCCC#Cc1c(C=O)ccc2ccccc12. The average Bonchev–Trinajstić information content (AvgIpc) is 2.43. The van der Waals surface area contributed by atoms with Crippen LogP contribution >= 0.6 is 0 Å². The minimum atomic E-state index is 0.658. The van der Waals surface area contributed by atoms with Gasteiger partial charge in [-0.25, -0.2) is 0 Å². The van der Waals surface area contributed by atoms with Gasteiger partial charge in [0.05, 0.1) is 0 Å². The quantitative estimate of drug-likeness (QED) is 0.505. The molecule has 18 heavy (non-hydrogen) atoms. The molecule has 0 saturated heterocycles. The molecule has 90 valence electrons. The van der Waals surface area contributed by atoms with Crippen molar-refractivity contribution in [3.63, 3.8) is 0 Å². The van der Waals surface area contributed by atoms with Crippen molar-refractivity contribution in [3.05, 3.63) is 47.5 Å². The van der Waals surface area contributed by atoms with Gasteiger partial charge in [0.1, 0.15) is 0 Å². The number of hydrogen-bond acceptors (Lipinski definition) is 2. The lowest BCUT2D eigenvalue weighted by Crippen LogP contribution is -2.05. The Morgan fingerprint density at radius 1 is 1.22 bits per heavy atom. The van der Waals surface area contributed by atoms with E-state index in [1.807, 2.05) is 43.4 Å². The van der Waals surface area contributed by atoms with Crippen molar-refractivity contribution >= 4 is 17.1 Å². The molecule has 2 rings (SSSR count). The molecular weight excluding hydrogens is 222 g/mol. The Bertz CT molecular complexity index is 620. The minimum Gasteiger partial charge on any atom is -0.319 e. The lowest BCUT2D eigenvalue weighted by molar-refractivity contribution is 0.112. The fourth-order valence-corrected chi connectivity index (χ4v) is 1.86. The third kappa shape index (κ3) is 2.58. The fraction of sp³-hybridized carbons (Fsp3) is 0.188. The van der Waals surface area contributed by atoms with Crippen LogP contribution in [-0.2, 0) is 0 Å². The predicted molar refractivity (Wildman–Crippen MR) is 74.8 cm³/mol. The molecule has 0 aliphatic carbocycles. The molecule has 0 fully saturated rings. The molecule has 0 aliphatic heterocycles. The van der Waals surface area contributed by atoms with Crippen LogP contribution in [0.5, 0.6) is 0 Å². The van der Waals surface area contributed by atoms with Gasteiger partial charge in [0, 0.05) is 24.1 Å². The molecule has 0 aliphatic rings. The number of benzene rings is 2. The van der Waals surface area contributed by atoms with Crippen LogP contribution in [0.25, 0.3) is 10.8 Å². The number of rotatable bonds is 3. The number of hydrogen-bond donors (Lipinski definition) is 1. The monoisotopic (exact) mass is 237 g/mol. The molecular formula is C16H15NO. The van der Waals surface area contributed by atoms with Gasteiger partial charge in [0.25, 0.3) is 0 Å². The summed E-state index contributed by atoms with van der Waals surface area (Å²) in [6.07, 6.45) is 1.65. The van der Waals surface area contributed by atoms with Crippen LogP contribution < -0.4 is 5.32 Å². The summed E-state index contributed by atoms with van der Waals surface area (Å²) in [5.41, 5.74) is 1.49. The zero-order valence-electron chi connectivity index (χ0n) is 10.4. The van der Waals surface area contributed by atoms with Gasteiger partial charge < -0.3 is 5.32 Å². The van der Waals surface area contributed by atoms with Gasteiger partial charge in [0.2, 0.25) is 0 Å². The van der Waals surface area contributed by atoms with E-state index in [4.69, 9.17) is 0 Å². The molecule has 0 unspecified atom stereocenters. The summed E-state index contributed by atoms with van der Waals surface area (Å²) in [7, 11) is 1.90. The molecule has 0 radical (unpaired) electrons. The van der Waals surface area contributed by atoms with Crippen molar-refractivity contribution in [2.45, 2.75) is 6.42 Å². The number of carbonyl (C=O) groups is 1. The smallest absolute Gasteiger partial charge is 0.151 e. The lowest BCUT2D eigenvalue weighted by atomic mass is 10.00. The summed E-state index contributed by atoms with van der Waals surface area (Å²) in [5, 5.41) is 5.20. The second kappa shape index (κ2) is 6.00. The molecule has 2 nitrogen and oxygen atoms in total. The molecule has 0 spiro atoms. The Morgan fingerprint density at radius 3 is 2.83 bits per heavy atom.